The fourth-order valence-corrected chi connectivity index (χ4v) is 2.07. The van der Waals surface area contributed by atoms with Crippen LogP contribution in [-0.4, -0.2) is 52.8 Å². The second kappa shape index (κ2) is 5.22. The van der Waals surface area contributed by atoms with Gasteiger partial charge in [-0.25, -0.2) is 0 Å². The maximum atomic E-state index is 12.3. The van der Waals surface area contributed by atoms with Crippen LogP contribution in [-0.2, 0) is 16.1 Å². The van der Waals surface area contributed by atoms with E-state index in [0.29, 0.717) is 18.9 Å². The van der Waals surface area contributed by atoms with Crippen molar-refractivity contribution in [3.8, 4) is 0 Å². The average molecular weight is 252 g/mol. The van der Waals surface area contributed by atoms with Gasteiger partial charge < -0.3 is 19.3 Å². The van der Waals surface area contributed by atoms with E-state index in [4.69, 9.17) is 9.84 Å². The second-order valence-corrected chi connectivity index (χ2v) is 4.35. The van der Waals surface area contributed by atoms with Gasteiger partial charge in [-0.2, -0.15) is 0 Å². The summed E-state index contributed by atoms with van der Waals surface area (Å²) in [5, 5.41) is 8.78. The van der Waals surface area contributed by atoms with Crippen LogP contribution in [0.25, 0.3) is 0 Å². The third kappa shape index (κ3) is 2.53. The predicted octanol–water partition coefficient (Wildman–Crippen LogP) is 0.434. The first-order valence-electron chi connectivity index (χ1n) is 5.81. The van der Waals surface area contributed by atoms with Crippen molar-refractivity contribution < 1.29 is 19.4 Å². The standard InChI is InChI=1S/C12H16N2O4/c1-13(9-4-6-18-8-9)12(17)10-3-2-5-14(10)7-11(15)16/h2-3,5,9H,4,6-8H2,1H3,(H,15,16). The van der Waals surface area contributed by atoms with Crippen LogP contribution >= 0.6 is 0 Å². The summed E-state index contributed by atoms with van der Waals surface area (Å²) in [5.41, 5.74) is 0.395. The maximum absolute atomic E-state index is 12.3. The molecule has 6 nitrogen and oxygen atoms in total. The van der Waals surface area contributed by atoms with E-state index in [0.717, 1.165) is 6.42 Å². The summed E-state index contributed by atoms with van der Waals surface area (Å²) in [4.78, 5) is 24.6. The summed E-state index contributed by atoms with van der Waals surface area (Å²) < 4.78 is 6.69. The van der Waals surface area contributed by atoms with Crippen molar-refractivity contribution in [1.29, 1.82) is 0 Å². The molecule has 2 heterocycles. The van der Waals surface area contributed by atoms with Gasteiger partial charge >= 0.3 is 5.97 Å². The Morgan fingerprint density at radius 3 is 3.00 bits per heavy atom. The minimum absolute atomic E-state index is 0.0747. The number of rotatable bonds is 4. The molecule has 1 aliphatic heterocycles. The SMILES string of the molecule is CN(C(=O)c1cccn1CC(=O)O)C1CCOC1. The Kier molecular flexibility index (Phi) is 3.66. The second-order valence-electron chi connectivity index (χ2n) is 4.35. The van der Waals surface area contributed by atoms with Gasteiger partial charge in [0.25, 0.3) is 5.91 Å². The molecule has 0 bridgehead atoms. The number of hydrogen-bond acceptors (Lipinski definition) is 3. The average Bonchev–Trinajstić information content (AvgIpc) is 2.96. The highest BCUT2D eigenvalue weighted by atomic mass is 16.5. The molecule has 1 saturated heterocycles. The maximum Gasteiger partial charge on any atom is 0.323 e. The molecule has 18 heavy (non-hydrogen) atoms. The van der Waals surface area contributed by atoms with Gasteiger partial charge in [0.2, 0.25) is 0 Å². The van der Waals surface area contributed by atoms with Crippen LogP contribution in [0.15, 0.2) is 18.3 Å². The number of nitrogens with zero attached hydrogens (tertiary/aromatic N) is 2. The van der Waals surface area contributed by atoms with Crippen LogP contribution < -0.4 is 0 Å². The van der Waals surface area contributed by atoms with E-state index in [-0.39, 0.29) is 18.5 Å². The topological polar surface area (TPSA) is 71.8 Å². The number of ether oxygens (including phenoxy) is 1. The van der Waals surface area contributed by atoms with Crippen molar-refractivity contribution in [1.82, 2.24) is 9.47 Å². The highest BCUT2D eigenvalue weighted by molar-refractivity contribution is 5.93. The Morgan fingerprint density at radius 1 is 1.61 bits per heavy atom. The largest absolute Gasteiger partial charge is 0.480 e. The molecule has 1 aromatic heterocycles. The minimum atomic E-state index is -0.966. The van der Waals surface area contributed by atoms with Gasteiger partial charge in [0.1, 0.15) is 12.2 Å². The van der Waals surface area contributed by atoms with Gasteiger partial charge in [-0.1, -0.05) is 0 Å². The van der Waals surface area contributed by atoms with Gasteiger partial charge in [0.05, 0.1) is 12.6 Å². The molecule has 1 atom stereocenters. The number of carbonyl (C=O) groups excluding carboxylic acids is 1. The van der Waals surface area contributed by atoms with E-state index >= 15 is 0 Å². The normalized spacial score (nSPS) is 18.8. The molecular weight excluding hydrogens is 236 g/mol. The lowest BCUT2D eigenvalue weighted by atomic mass is 10.2. The number of carboxylic acids is 1. The van der Waals surface area contributed by atoms with Crippen molar-refractivity contribution in [3.05, 3.63) is 24.0 Å². The zero-order valence-electron chi connectivity index (χ0n) is 10.2. The zero-order valence-corrected chi connectivity index (χ0v) is 10.2. The lowest BCUT2D eigenvalue weighted by Crippen LogP contribution is -2.38. The van der Waals surface area contributed by atoms with Gasteiger partial charge in [-0.05, 0) is 18.6 Å². The smallest absolute Gasteiger partial charge is 0.323 e. The first kappa shape index (κ1) is 12.6. The molecule has 1 N–H and O–H groups in total. The first-order valence-corrected chi connectivity index (χ1v) is 5.81. The van der Waals surface area contributed by atoms with Crippen LogP contribution in [0.3, 0.4) is 0 Å². The van der Waals surface area contributed by atoms with Gasteiger partial charge in [-0.15, -0.1) is 0 Å². The van der Waals surface area contributed by atoms with Crippen molar-refractivity contribution in [3.63, 3.8) is 0 Å². The molecule has 0 saturated carbocycles. The van der Waals surface area contributed by atoms with Crippen molar-refractivity contribution in [2.24, 2.45) is 0 Å². The van der Waals surface area contributed by atoms with E-state index in [1.807, 2.05) is 0 Å². The third-order valence-corrected chi connectivity index (χ3v) is 3.13. The highest BCUT2D eigenvalue weighted by Gasteiger charge is 2.26. The molecule has 1 unspecified atom stereocenters. The Labute approximate surface area is 105 Å². The molecule has 98 valence electrons. The lowest BCUT2D eigenvalue weighted by Gasteiger charge is -2.23. The number of carbonyl (C=O) groups is 2. The van der Waals surface area contributed by atoms with E-state index in [1.54, 1.807) is 30.3 Å². The minimum Gasteiger partial charge on any atom is -0.480 e. The van der Waals surface area contributed by atoms with Crippen LogP contribution in [0.2, 0.25) is 0 Å². The Balaban J connectivity index is 2.12. The summed E-state index contributed by atoms with van der Waals surface area (Å²) >= 11 is 0. The van der Waals surface area contributed by atoms with Crippen molar-refractivity contribution >= 4 is 11.9 Å². The monoisotopic (exact) mass is 252 g/mol. The predicted molar refractivity (Wildman–Crippen MR) is 63.4 cm³/mol. The molecule has 0 aromatic carbocycles. The molecule has 6 heteroatoms. The number of hydrogen-bond donors (Lipinski definition) is 1. The Hall–Kier alpha value is -1.82. The third-order valence-electron chi connectivity index (χ3n) is 3.13. The molecule has 0 aliphatic carbocycles. The van der Waals surface area contributed by atoms with E-state index in [9.17, 15) is 9.59 Å². The van der Waals surface area contributed by atoms with Crippen LogP contribution in [0, 0.1) is 0 Å². The number of aromatic nitrogens is 1. The number of likely N-dealkylation sites (N-methyl/N-ethyl adjacent to an activating group) is 1. The summed E-state index contributed by atoms with van der Waals surface area (Å²) in [6.07, 6.45) is 2.42. The molecule has 1 amide bonds. The lowest BCUT2D eigenvalue weighted by molar-refractivity contribution is -0.137. The first-order chi connectivity index (χ1) is 8.59. The Bertz CT molecular complexity index is 449. The van der Waals surface area contributed by atoms with E-state index < -0.39 is 5.97 Å². The van der Waals surface area contributed by atoms with Crippen LogP contribution in [0.5, 0.6) is 0 Å². The van der Waals surface area contributed by atoms with Crippen molar-refractivity contribution in [2.75, 3.05) is 20.3 Å². The van der Waals surface area contributed by atoms with Gasteiger partial charge in [0.15, 0.2) is 0 Å². The van der Waals surface area contributed by atoms with Crippen molar-refractivity contribution in [2.45, 2.75) is 19.0 Å². The highest BCUT2D eigenvalue weighted by Crippen LogP contribution is 2.14. The van der Waals surface area contributed by atoms with Crippen LogP contribution in [0.1, 0.15) is 16.9 Å². The number of carboxylic acid groups (broad SMARTS) is 1. The quantitative estimate of drug-likeness (QED) is 0.843. The summed E-state index contributed by atoms with van der Waals surface area (Å²) in [6.45, 7) is 1.00. The molecule has 1 aromatic rings. The fraction of sp³-hybridized carbons (Fsp3) is 0.500. The zero-order chi connectivity index (χ0) is 13.1. The van der Waals surface area contributed by atoms with E-state index in [1.165, 1.54) is 4.57 Å². The molecule has 0 radical (unpaired) electrons. The fourth-order valence-electron chi connectivity index (χ4n) is 2.07. The van der Waals surface area contributed by atoms with Gasteiger partial charge in [-0.3, -0.25) is 9.59 Å². The van der Waals surface area contributed by atoms with Gasteiger partial charge in [0, 0.05) is 19.9 Å². The summed E-state index contributed by atoms with van der Waals surface area (Å²) in [5.74, 6) is -1.14. The molecule has 0 spiro atoms. The molecular formula is C12H16N2O4. The summed E-state index contributed by atoms with van der Waals surface area (Å²) in [7, 11) is 1.72. The molecule has 1 aliphatic rings. The Morgan fingerprint density at radius 2 is 2.39 bits per heavy atom. The number of amides is 1. The van der Waals surface area contributed by atoms with Crippen LogP contribution in [0.4, 0.5) is 0 Å². The molecule has 1 fully saturated rings. The van der Waals surface area contributed by atoms with E-state index in [2.05, 4.69) is 0 Å². The number of aliphatic carboxylic acids is 1. The summed E-state index contributed by atoms with van der Waals surface area (Å²) in [6, 6.07) is 3.39. The molecule has 2 rings (SSSR count).